The molecule has 4 saturated carbocycles. The van der Waals surface area contributed by atoms with E-state index in [-0.39, 0.29) is 67.3 Å². The van der Waals surface area contributed by atoms with E-state index in [0.29, 0.717) is 11.6 Å². The van der Waals surface area contributed by atoms with E-state index in [2.05, 4.69) is 140 Å². The van der Waals surface area contributed by atoms with Gasteiger partial charge in [0.1, 0.15) is 5.76 Å². The van der Waals surface area contributed by atoms with E-state index in [1.807, 2.05) is 0 Å². The fourth-order valence-corrected chi connectivity index (χ4v) is 19.6. The molecule has 396 valence electrons. The smallest absolute Gasteiger partial charge is 0.668 e. The summed E-state index contributed by atoms with van der Waals surface area (Å²) in [4.78, 5) is 0. The second-order valence-corrected chi connectivity index (χ2v) is 28.9. The molecule has 9 atom stereocenters. The minimum Gasteiger partial charge on any atom is -0.668 e. The van der Waals surface area contributed by atoms with Gasteiger partial charge in [0, 0.05) is 11.1 Å². The monoisotopic (exact) mass is 1150 g/mol. The van der Waals surface area contributed by atoms with Crippen molar-refractivity contribution in [3.63, 3.8) is 0 Å². The Morgan fingerprint density at radius 2 is 0.971 bits per heavy atom. The van der Waals surface area contributed by atoms with Gasteiger partial charge in [-0.15, -0.1) is 0 Å². The Hall–Kier alpha value is -0.360. The van der Waals surface area contributed by atoms with Crippen LogP contribution in [-0.4, -0.2) is 107 Å². The first-order chi connectivity index (χ1) is 31.4. The van der Waals surface area contributed by atoms with Gasteiger partial charge in [-0.2, -0.15) is 84.6 Å². The topological polar surface area (TPSA) is 103 Å². The predicted octanol–water partition coefficient (Wildman–Crippen LogP) is 17.2. The molecule has 9 unspecified atom stereocenters. The van der Waals surface area contributed by atoms with Gasteiger partial charge in [-0.25, -0.2) is 0 Å². The Balaban J connectivity index is -0.000000446. The number of hydrogen-bond donors (Lipinski definition) is 0. The number of fused-ring (bicyclic) bond motifs is 4. The maximum atomic E-state index is 7.22. The summed E-state index contributed by atoms with van der Waals surface area (Å²) in [7, 11) is 17.4. The first kappa shape index (κ1) is 76.2. The minimum atomic E-state index is -1.99. The van der Waals surface area contributed by atoms with E-state index in [0.717, 1.165) is 53.2 Å². The fourth-order valence-electron chi connectivity index (χ4n) is 12.2. The summed E-state index contributed by atoms with van der Waals surface area (Å²) < 4.78 is 14.0. The van der Waals surface area contributed by atoms with Crippen molar-refractivity contribution < 1.29 is 61.3 Å². The molecule has 4 fully saturated rings. The van der Waals surface area contributed by atoms with Crippen molar-refractivity contribution >= 4 is 28.5 Å². The van der Waals surface area contributed by atoms with Gasteiger partial charge in [0.25, 0.3) is 8.32 Å². The molecular formula is C58H106N6O2Si2Zr2. The Bertz CT molecular complexity index is 1660. The third kappa shape index (κ3) is 23.3. The zero-order chi connectivity index (χ0) is 50.0. The van der Waals surface area contributed by atoms with Crippen molar-refractivity contribution in [2.75, 3.05) is 84.6 Å². The molecule has 6 aliphatic carbocycles. The average Bonchev–Trinajstić information content (AvgIpc) is 3.98. The molecule has 0 saturated heterocycles. The van der Waals surface area contributed by atoms with E-state index < -0.39 is 16.6 Å². The molecule has 0 aliphatic heterocycles. The fraction of sp³-hybridized carbons (Fsp3) is 0.690. The first-order valence-electron chi connectivity index (χ1n) is 25.2. The van der Waals surface area contributed by atoms with Gasteiger partial charge in [-0.1, -0.05) is 119 Å². The van der Waals surface area contributed by atoms with Crippen LogP contribution in [0.15, 0.2) is 59.7 Å². The molecule has 12 heteroatoms. The maximum Gasteiger partial charge on any atom is 4.00 e. The van der Waals surface area contributed by atoms with E-state index >= 15 is 0 Å². The zero-order valence-electron chi connectivity index (χ0n) is 49.2. The van der Waals surface area contributed by atoms with Crippen LogP contribution in [0.25, 0.3) is 43.7 Å². The standard InChI is InChI=1S/C22H40OSi.C22H24OSi.6C2H6N.2CH3.2Zr/c2*1-15-13-17-9-5-7-11-19(17)21(15)23-24(3,4)22-16(2)14-18-10-6-8-12-20(18)22;6*1-3-2;;;;/h15-22H,5-14H2,1-4H3;5-12,14,22H,13H2,1-4H3;6*1-2H3;2*1H3;;/q;;8*-1;2*+4. The molecule has 0 bridgehead atoms. The van der Waals surface area contributed by atoms with Gasteiger partial charge >= 0.3 is 52.4 Å². The molecule has 6 aliphatic rings. The van der Waals surface area contributed by atoms with Crippen LogP contribution < -0.4 is 0 Å². The summed E-state index contributed by atoms with van der Waals surface area (Å²) in [6.45, 7) is 19.4. The molecule has 0 N–H and O–H groups in total. The Morgan fingerprint density at radius 3 is 1.50 bits per heavy atom. The number of nitrogens with zero attached hydrogens (tertiary/aromatic N) is 6. The average molecular weight is 1160 g/mol. The molecule has 0 radical (unpaired) electrons. The van der Waals surface area contributed by atoms with E-state index in [1.165, 1.54) is 97.6 Å². The number of benzene rings is 2. The molecule has 0 spiro atoms. The molecular weight excluding hydrogens is 1050 g/mol. The van der Waals surface area contributed by atoms with Gasteiger partial charge in [0.2, 0.25) is 0 Å². The van der Waals surface area contributed by atoms with Crippen molar-refractivity contribution in [2.45, 2.75) is 142 Å². The van der Waals surface area contributed by atoms with Crippen LogP contribution in [0, 0.1) is 50.4 Å². The number of hydrogen-bond acceptors (Lipinski definition) is 2. The third-order valence-corrected chi connectivity index (χ3v) is 20.3. The van der Waals surface area contributed by atoms with Gasteiger partial charge in [0.15, 0.2) is 8.32 Å². The molecule has 0 heterocycles. The summed E-state index contributed by atoms with van der Waals surface area (Å²) in [6.07, 6.45) is 18.8. The van der Waals surface area contributed by atoms with E-state index in [9.17, 15) is 0 Å². The summed E-state index contributed by atoms with van der Waals surface area (Å²) in [5.41, 5.74) is 9.66. The zero-order valence-corrected chi connectivity index (χ0v) is 56.1. The van der Waals surface area contributed by atoms with Crippen molar-refractivity contribution in [3.8, 4) is 0 Å². The molecule has 70 heavy (non-hydrogen) atoms. The Kier molecular flexibility index (Phi) is 44.5. The van der Waals surface area contributed by atoms with Gasteiger partial charge in [0.05, 0.1) is 6.10 Å². The minimum absolute atomic E-state index is 0. The summed E-state index contributed by atoms with van der Waals surface area (Å²) in [5.74, 6) is 6.81. The molecule has 8 rings (SSSR count). The van der Waals surface area contributed by atoms with Crippen LogP contribution in [0.2, 0.25) is 31.7 Å². The molecule has 0 aromatic heterocycles. The molecule has 0 amide bonds. The second-order valence-electron chi connectivity index (χ2n) is 20.8. The van der Waals surface area contributed by atoms with Crippen molar-refractivity contribution in [1.29, 1.82) is 0 Å². The summed E-state index contributed by atoms with van der Waals surface area (Å²) >= 11 is 0. The maximum absolute atomic E-state index is 7.22. The number of allylic oxidation sites excluding steroid dienone is 2. The molecule has 2 aromatic rings. The van der Waals surface area contributed by atoms with Crippen LogP contribution in [0.3, 0.4) is 0 Å². The molecule has 8 nitrogen and oxygen atoms in total. The van der Waals surface area contributed by atoms with Crippen LogP contribution in [-0.2, 0) is 67.7 Å². The van der Waals surface area contributed by atoms with Crippen molar-refractivity contribution in [2.24, 2.45) is 35.5 Å². The van der Waals surface area contributed by atoms with Crippen molar-refractivity contribution in [3.05, 3.63) is 129 Å². The van der Waals surface area contributed by atoms with E-state index in [1.54, 1.807) is 84.6 Å². The second kappa shape index (κ2) is 40.9. The van der Waals surface area contributed by atoms with Gasteiger partial charge in [-0.05, 0) is 129 Å². The SMILES string of the molecule is CC1=Cc2ccccc2C1[Si](C)(C)OC1=C(C)Cc2ccccc21.CC1CC2CCCCC2C1O[Si](C)(C)C1C(C)CC2CCCCC21.C[N-]C.C[N-]C.C[N-]C.C[N-]C.C[N-]C.C[N-]C.[CH3-].[CH3-].[Zr+4].[Zr+4]. The van der Waals surface area contributed by atoms with Crippen LogP contribution in [0.4, 0.5) is 0 Å². The summed E-state index contributed by atoms with van der Waals surface area (Å²) in [5, 5.41) is 21.0. The predicted molar refractivity (Wildman–Crippen MR) is 313 cm³/mol. The Labute approximate surface area is 476 Å². The normalized spacial score (nSPS) is 24.9. The van der Waals surface area contributed by atoms with Gasteiger partial charge in [-0.3, -0.25) is 0 Å². The largest absolute Gasteiger partial charge is 4.00 e. The van der Waals surface area contributed by atoms with Crippen LogP contribution in [0.1, 0.15) is 120 Å². The Morgan fingerprint density at radius 1 is 0.543 bits per heavy atom. The van der Waals surface area contributed by atoms with Gasteiger partial charge < -0.3 is 55.6 Å². The van der Waals surface area contributed by atoms with Crippen LogP contribution >= 0.6 is 0 Å². The quantitative estimate of drug-likeness (QED) is 0.212. The third-order valence-electron chi connectivity index (χ3n) is 13.9. The number of rotatable bonds is 6. The summed E-state index contributed by atoms with van der Waals surface area (Å²) in [6, 6.07) is 17.4. The first-order valence-corrected chi connectivity index (χ1v) is 31.2. The van der Waals surface area contributed by atoms with Crippen LogP contribution in [0.5, 0.6) is 0 Å². The van der Waals surface area contributed by atoms with Crippen molar-refractivity contribution in [1.82, 2.24) is 0 Å². The molecule has 2 aromatic carbocycles. The van der Waals surface area contributed by atoms with E-state index in [4.69, 9.17) is 8.85 Å².